The van der Waals surface area contributed by atoms with E-state index in [0.717, 1.165) is 63.8 Å². The fraction of sp³-hybridized carbons (Fsp3) is 0.294. The van der Waals surface area contributed by atoms with E-state index >= 15 is 0 Å². The standard InChI is InChI=1S/C17H15BrN4S2/c1-21-4-6-22(7-5-21)17-14-9-23-8-12(14)11(2-3-19)13-10-24-16(18)15(13)20-17/h2,8-10H,4-7H2,1H3. The fourth-order valence-electron chi connectivity index (χ4n) is 3.09. The summed E-state index contributed by atoms with van der Waals surface area (Å²) in [5.74, 6) is 1.03. The van der Waals surface area contributed by atoms with Crippen LogP contribution in [0.15, 0.2) is 31.0 Å². The van der Waals surface area contributed by atoms with Crippen LogP contribution >= 0.6 is 38.6 Å². The molecule has 4 rings (SSSR count). The van der Waals surface area contributed by atoms with Gasteiger partial charge in [-0.1, -0.05) is 0 Å². The first-order chi connectivity index (χ1) is 11.7. The van der Waals surface area contributed by atoms with E-state index in [1.165, 1.54) is 0 Å². The summed E-state index contributed by atoms with van der Waals surface area (Å²) in [7, 11) is 2.16. The quantitative estimate of drug-likeness (QED) is 0.602. The van der Waals surface area contributed by atoms with E-state index in [9.17, 15) is 5.26 Å². The van der Waals surface area contributed by atoms with Crippen LogP contribution < -0.4 is 0 Å². The van der Waals surface area contributed by atoms with Crippen molar-refractivity contribution in [3.05, 3.63) is 42.7 Å². The second-order valence-electron chi connectivity index (χ2n) is 5.88. The number of likely N-dealkylation sites (N-methyl/N-ethyl adjacent to an activating group) is 1. The third kappa shape index (κ3) is 2.64. The van der Waals surface area contributed by atoms with Gasteiger partial charge in [0.25, 0.3) is 0 Å². The van der Waals surface area contributed by atoms with E-state index in [-0.39, 0.29) is 0 Å². The van der Waals surface area contributed by atoms with Gasteiger partial charge in [0, 0.05) is 65.3 Å². The maximum atomic E-state index is 9.26. The molecule has 7 heteroatoms. The predicted octanol–water partition coefficient (Wildman–Crippen LogP) is 4.17. The molecule has 2 aromatic heterocycles. The lowest BCUT2D eigenvalue weighted by Crippen LogP contribution is -2.47. The summed E-state index contributed by atoms with van der Waals surface area (Å²) in [6, 6.07) is 2.21. The molecule has 0 saturated carbocycles. The van der Waals surface area contributed by atoms with Crippen LogP contribution in [0.3, 0.4) is 0 Å². The van der Waals surface area contributed by atoms with Gasteiger partial charge in [0.05, 0.1) is 15.5 Å². The van der Waals surface area contributed by atoms with Crippen LogP contribution in [0.1, 0.15) is 16.7 Å². The molecule has 1 saturated heterocycles. The number of amidine groups is 1. The second-order valence-corrected chi connectivity index (χ2v) is 8.82. The zero-order valence-corrected chi connectivity index (χ0v) is 16.3. The summed E-state index contributed by atoms with van der Waals surface area (Å²) in [6.07, 6.45) is 1.64. The van der Waals surface area contributed by atoms with Crippen LogP contribution in [0, 0.1) is 11.3 Å². The molecule has 122 valence electrons. The molecule has 2 aromatic rings. The molecule has 0 amide bonds. The number of halogens is 1. The van der Waals surface area contributed by atoms with Crippen molar-refractivity contribution in [3.8, 4) is 6.07 Å². The lowest BCUT2D eigenvalue weighted by Gasteiger charge is -2.34. The van der Waals surface area contributed by atoms with Gasteiger partial charge in [-0.3, -0.25) is 0 Å². The van der Waals surface area contributed by atoms with Gasteiger partial charge in [-0.15, -0.1) is 11.3 Å². The molecule has 0 spiro atoms. The van der Waals surface area contributed by atoms with Crippen molar-refractivity contribution in [1.82, 2.24) is 9.80 Å². The van der Waals surface area contributed by atoms with E-state index in [4.69, 9.17) is 4.99 Å². The Morgan fingerprint density at radius 1 is 1.17 bits per heavy atom. The number of thiophene rings is 2. The molecule has 4 heterocycles. The predicted molar refractivity (Wildman–Crippen MR) is 104 cm³/mol. The minimum absolute atomic E-state index is 0.941. The number of aliphatic imine (C=N–C) groups is 1. The lowest BCUT2D eigenvalue weighted by atomic mass is 9.99. The number of fused-ring (bicyclic) bond motifs is 2. The number of nitrogens with zero attached hydrogens (tertiary/aromatic N) is 4. The molecule has 0 bridgehead atoms. The van der Waals surface area contributed by atoms with Crippen molar-refractivity contribution in [2.75, 3.05) is 33.2 Å². The molecule has 2 aliphatic rings. The number of rotatable bonds is 0. The minimum Gasteiger partial charge on any atom is -0.353 e. The third-order valence-corrected chi connectivity index (χ3v) is 6.87. The zero-order valence-electron chi connectivity index (χ0n) is 13.1. The SMILES string of the molecule is CN1CCN(C2=Nc3c(csc3Br)C(=CC#N)c3cscc32)CC1. The van der Waals surface area contributed by atoms with Crippen LogP contribution in [0.5, 0.6) is 0 Å². The molecule has 2 aliphatic heterocycles. The minimum atomic E-state index is 0.941. The molecule has 0 atom stereocenters. The average Bonchev–Trinajstić information content (AvgIpc) is 3.16. The first kappa shape index (κ1) is 16.0. The van der Waals surface area contributed by atoms with Crippen molar-refractivity contribution in [3.63, 3.8) is 0 Å². The summed E-state index contributed by atoms with van der Waals surface area (Å²) < 4.78 is 1.02. The molecule has 0 N–H and O–H groups in total. The molecule has 0 unspecified atom stereocenters. The summed E-state index contributed by atoms with van der Waals surface area (Å²) in [4.78, 5) is 9.75. The fourth-order valence-corrected chi connectivity index (χ4v) is 5.23. The van der Waals surface area contributed by atoms with Gasteiger partial charge in [0.15, 0.2) is 0 Å². The molecular formula is C17H15BrN4S2. The maximum absolute atomic E-state index is 9.26. The topological polar surface area (TPSA) is 42.6 Å². The maximum Gasteiger partial charge on any atom is 0.138 e. The third-order valence-electron chi connectivity index (χ3n) is 4.43. The van der Waals surface area contributed by atoms with Crippen LogP contribution in [-0.2, 0) is 0 Å². The van der Waals surface area contributed by atoms with E-state index < -0.39 is 0 Å². The van der Waals surface area contributed by atoms with Crippen LogP contribution in [-0.4, -0.2) is 48.9 Å². The number of nitriles is 1. The zero-order chi connectivity index (χ0) is 16.7. The van der Waals surface area contributed by atoms with Crippen molar-refractivity contribution >= 4 is 55.7 Å². The highest BCUT2D eigenvalue weighted by atomic mass is 79.9. The molecule has 0 aromatic carbocycles. The highest BCUT2D eigenvalue weighted by Crippen LogP contribution is 2.45. The Hall–Kier alpha value is -1.46. The second kappa shape index (κ2) is 6.45. The Morgan fingerprint density at radius 3 is 2.67 bits per heavy atom. The summed E-state index contributed by atoms with van der Waals surface area (Å²) in [6.45, 7) is 4.02. The molecule has 0 aliphatic carbocycles. The van der Waals surface area contributed by atoms with Gasteiger partial charge in [0.1, 0.15) is 5.84 Å². The molecule has 0 radical (unpaired) electrons. The van der Waals surface area contributed by atoms with Gasteiger partial charge in [0.2, 0.25) is 0 Å². The average molecular weight is 419 g/mol. The monoisotopic (exact) mass is 418 g/mol. The van der Waals surface area contributed by atoms with Crippen LogP contribution in [0.25, 0.3) is 5.57 Å². The highest BCUT2D eigenvalue weighted by molar-refractivity contribution is 9.11. The largest absolute Gasteiger partial charge is 0.353 e. The van der Waals surface area contributed by atoms with Crippen LogP contribution in [0.4, 0.5) is 5.69 Å². The Labute approximate surface area is 157 Å². The first-order valence-corrected chi connectivity index (χ1v) is 10.3. The van der Waals surface area contributed by atoms with Gasteiger partial charge >= 0.3 is 0 Å². The van der Waals surface area contributed by atoms with Gasteiger partial charge < -0.3 is 9.80 Å². The molecule has 1 fully saturated rings. The molecule has 4 nitrogen and oxygen atoms in total. The Bertz CT molecular complexity index is 879. The smallest absolute Gasteiger partial charge is 0.138 e. The van der Waals surface area contributed by atoms with Gasteiger partial charge in [-0.2, -0.15) is 16.6 Å². The van der Waals surface area contributed by atoms with Crippen molar-refractivity contribution in [1.29, 1.82) is 5.26 Å². The lowest BCUT2D eigenvalue weighted by molar-refractivity contribution is 0.216. The number of hydrogen-bond acceptors (Lipinski definition) is 6. The highest BCUT2D eigenvalue weighted by Gasteiger charge is 2.28. The van der Waals surface area contributed by atoms with Gasteiger partial charge in [-0.25, -0.2) is 4.99 Å². The van der Waals surface area contributed by atoms with E-state index in [1.54, 1.807) is 28.7 Å². The van der Waals surface area contributed by atoms with Crippen molar-refractivity contribution in [2.24, 2.45) is 4.99 Å². The summed E-state index contributed by atoms with van der Waals surface area (Å²) >= 11 is 6.93. The number of piperazine rings is 1. The molecule has 24 heavy (non-hydrogen) atoms. The summed E-state index contributed by atoms with van der Waals surface area (Å²) in [5, 5.41) is 15.6. The van der Waals surface area contributed by atoms with E-state index in [2.05, 4.69) is 55.0 Å². The Morgan fingerprint density at radius 2 is 1.92 bits per heavy atom. The van der Waals surface area contributed by atoms with E-state index in [1.807, 2.05) is 0 Å². The Balaban J connectivity index is 1.90. The van der Waals surface area contributed by atoms with E-state index in [0.29, 0.717) is 0 Å². The first-order valence-electron chi connectivity index (χ1n) is 7.65. The number of hydrogen-bond donors (Lipinski definition) is 0. The molecular weight excluding hydrogens is 404 g/mol. The van der Waals surface area contributed by atoms with Crippen LogP contribution in [0.2, 0.25) is 0 Å². The summed E-state index contributed by atoms with van der Waals surface area (Å²) in [5.41, 5.74) is 5.20. The van der Waals surface area contributed by atoms with Crippen molar-refractivity contribution < 1.29 is 0 Å². The Kier molecular flexibility index (Phi) is 4.31. The number of allylic oxidation sites excluding steroid dienone is 1. The van der Waals surface area contributed by atoms with Gasteiger partial charge in [-0.05, 0) is 28.4 Å². The normalized spacial score (nSPS) is 19.5. The van der Waals surface area contributed by atoms with Crippen molar-refractivity contribution in [2.45, 2.75) is 0 Å².